The van der Waals surface area contributed by atoms with Crippen molar-refractivity contribution in [1.82, 2.24) is 4.57 Å². The first-order valence-corrected chi connectivity index (χ1v) is 6.24. The molecular formula is C15H19NO2. The van der Waals surface area contributed by atoms with Gasteiger partial charge in [-0.05, 0) is 38.8 Å². The second-order valence-electron chi connectivity index (χ2n) is 5.37. The zero-order valence-electron chi connectivity index (χ0n) is 11.4. The van der Waals surface area contributed by atoms with E-state index in [1.807, 2.05) is 45.0 Å². The summed E-state index contributed by atoms with van der Waals surface area (Å²) in [4.78, 5) is 12.1. The van der Waals surface area contributed by atoms with Gasteiger partial charge in [0, 0.05) is 11.6 Å². The normalized spacial score (nSPS) is 11.8. The van der Waals surface area contributed by atoms with Crippen molar-refractivity contribution in [1.29, 1.82) is 0 Å². The molecule has 18 heavy (non-hydrogen) atoms. The van der Waals surface area contributed by atoms with E-state index in [1.54, 1.807) is 10.8 Å². The van der Waals surface area contributed by atoms with Gasteiger partial charge in [-0.3, -0.25) is 4.57 Å². The third kappa shape index (κ3) is 2.40. The first kappa shape index (κ1) is 12.7. The van der Waals surface area contributed by atoms with E-state index < -0.39 is 5.60 Å². The van der Waals surface area contributed by atoms with Crippen LogP contribution in [-0.4, -0.2) is 16.3 Å². The fraction of sp³-hybridized carbons (Fsp3) is 0.400. The van der Waals surface area contributed by atoms with E-state index >= 15 is 0 Å². The molecule has 2 rings (SSSR count). The Bertz CT molecular complexity index is 576. The standard InChI is InChI=1S/C15H19NO2/c1-5-11-7-6-8-12-9-10-16(13(11)12)14(17)18-15(2,3)4/h6-10H,5H2,1-4H3. The summed E-state index contributed by atoms with van der Waals surface area (Å²) in [5.74, 6) is 0. The van der Waals surface area contributed by atoms with Crippen molar-refractivity contribution < 1.29 is 9.53 Å². The topological polar surface area (TPSA) is 31.2 Å². The number of para-hydroxylation sites is 1. The van der Waals surface area contributed by atoms with Crippen LogP contribution >= 0.6 is 0 Å². The summed E-state index contributed by atoms with van der Waals surface area (Å²) in [7, 11) is 0. The predicted octanol–water partition coefficient (Wildman–Crippen LogP) is 3.99. The summed E-state index contributed by atoms with van der Waals surface area (Å²) in [6, 6.07) is 8.01. The number of fused-ring (bicyclic) bond motifs is 1. The summed E-state index contributed by atoms with van der Waals surface area (Å²) in [5, 5.41) is 1.07. The van der Waals surface area contributed by atoms with Gasteiger partial charge in [0.15, 0.2) is 0 Å². The van der Waals surface area contributed by atoms with Crippen LogP contribution in [0.5, 0.6) is 0 Å². The summed E-state index contributed by atoms with van der Waals surface area (Å²) >= 11 is 0. The third-order valence-corrected chi connectivity index (χ3v) is 2.77. The van der Waals surface area contributed by atoms with Gasteiger partial charge in [-0.1, -0.05) is 25.1 Å². The minimum absolute atomic E-state index is 0.321. The molecule has 0 atom stereocenters. The molecule has 0 amide bonds. The number of ether oxygens (including phenoxy) is 1. The molecule has 0 aliphatic rings. The van der Waals surface area contributed by atoms with Crippen LogP contribution in [0.25, 0.3) is 10.9 Å². The minimum Gasteiger partial charge on any atom is -0.443 e. The average molecular weight is 245 g/mol. The van der Waals surface area contributed by atoms with E-state index in [-0.39, 0.29) is 6.09 Å². The number of benzene rings is 1. The lowest BCUT2D eigenvalue weighted by Crippen LogP contribution is -2.26. The van der Waals surface area contributed by atoms with Gasteiger partial charge in [-0.2, -0.15) is 0 Å². The highest BCUT2D eigenvalue weighted by Gasteiger charge is 2.19. The van der Waals surface area contributed by atoms with Crippen LogP contribution in [0.4, 0.5) is 4.79 Å². The van der Waals surface area contributed by atoms with Crippen molar-refractivity contribution in [2.75, 3.05) is 0 Å². The summed E-state index contributed by atoms with van der Waals surface area (Å²) in [6.07, 6.45) is 2.35. The number of carbonyl (C=O) groups excluding carboxylic acids is 1. The van der Waals surface area contributed by atoms with Gasteiger partial charge < -0.3 is 4.74 Å². The Morgan fingerprint density at radius 3 is 2.61 bits per heavy atom. The van der Waals surface area contributed by atoms with Gasteiger partial charge in [0.25, 0.3) is 0 Å². The smallest absolute Gasteiger partial charge is 0.418 e. The van der Waals surface area contributed by atoms with Crippen LogP contribution in [0.3, 0.4) is 0 Å². The molecule has 1 aromatic carbocycles. The lowest BCUT2D eigenvalue weighted by molar-refractivity contribution is 0.0544. The molecule has 96 valence electrons. The van der Waals surface area contributed by atoms with Crippen molar-refractivity contribution in [2.24, 2.45) is 0 Å². The van der Waals surface area contributed by atoms with Crippen molar-refractivity contribution >= 4 is 17.0 Å². The van der Waals surface area contributed by atoms with Gasteiger partial charge >= 0.3 is 6.09 Å². The molecule has 1 aromatic heterocycles. The maximum atomic E-state index is 12.1. The first-order chi connectivity index (χ1) is 8.42. The van der Waals surface area contributed by atoms with E-state index in [0.717, 1.165) is 22.9 Å². The highest BCUT2D eigenvalue weighted by molar-refractivity contribution is 5.91. The summed E-state index contributed by atoms with van der Waals surface area (Å²) < 4.78 is 7.01. The quantitative estimate of drug-likeness (QED) is 0.760. The molecule has 0 saturated carbocycles. The minimum atomic E-state index is -0.477. The van der Waals surface area contributed by atoms with E-state index in [0.29, 0.717) is 0 Å². The Morgan fingerprint density at radius 2 is 2.00 bits per heavy atom. The average Bonchev–Trinajstić information content (AvgIpc) is 2.70. The second kappa shape index (κ2) is 4.48. The number of aromatic nitrogens is 1. The molecule has 0 unspecified atom stereocenters. The zero-order valence-corrected chi connectivity index (χ0v) is 11.4. The number of hydrogen-bond donors (Lipinski definition) is 0. The van der Waals surface area contributed by atoms with Crippen molar-refractivity contribution in [3.05, 3.63) is 36.0 Å². The predicted molar refractivity (Wildman–Crippen MR) is 72.9 cm³/mol. The Morgan fingerprint density at radius 1 is 1.28 bits per heavy atom. The van der Waals surface area contributed by atoms with E-state index in [1.165, 1.54) is 0 Å². The van der Waals surface area contributed by atoms with E-state index in [9.17, 15) is 4.79 Å². The molecule has 2 aromatic rings. The lowest BCUT2D eigenvalue weighted by atomic mass is 10.1. The number of hydrogen-bond acceptors (Lipinski definition) is 2. The van der Waals surface area contributed by atoms with Gasteiger partial charge in [0.1, 0.15) is 5.60 Å². The number of carbonyl (C=O) groups is 1. The van der Waals surface area contributed by atoms with Gasteiger partial charge in [-0.25, -0.2) is 4.79 Å². The maximum Gasteiger partial charge on any atom is 0.418 e. The maximum absolute atomic E-state index is 12.1. The Balaban J connectivity index is 2.48. The number of rotatable bonds is 1. The lowest BCUT2D eigenvalue weighted by Gasteiger charge is -2.20. The fourth-order valence-electron chi connectivity index (χ4n) is 2.02. The molecule has 0 fully saturated rings. The SMILES string of the molecule is CCc1cccc2ccn(C(=O)OC(C)(C)C)c12. The van der Waals surface area contributed by atoms with Gasteiger partial charge in [0.2, 0.25) is 0 Å². The van der Waals surface area contributed by atoms with Crippen molar-refractivity contribution in [3.63, 3.8) is 0 Å². The second-order valence-corrected chi connectivity index (χ2v) is 5.37. The van der Waals surface area contributed by atoms with Crippen LogP contribution in [0.1, 0.15) is 33.3 Å². The zero-order chi connectivity index (χ0) is 13.3. The summed E-state index contributed by atoms with van der Waals surface area (Å²) in [5.41, 5.74) is 1.63. The van der Waals surface area contributed by atoms with Gasteiger partial charge in [0.05, 0.1) is 5.52 Å². The van der Waals surface area contributed by atoms with E-state index in [2.05, 4.69) is 6.92 Å². The first-order valence-electron chi connectivity index (χ1n) is 6.24. The molecule has 0 aliphatic heterocycles. The molecule has 0 spiro atoms. The highest BCUT2D eigenvalue weighted by atomic mass is 16.6. The Labute approximate surface area is 107 Å². The molecule has 0 radical (unpaired) electrons. The van der Waals surface area contributed by atoms with Crippen LogP contribution in [0.15, 0.2) is 30.5 Å². The molecular weight excluding hydrogens is 226 g/mol. The molecule has 0 bridgehead atoms. The third-order valence-electron chi connectivity index (χ3n) is 2.77. The van der Waals surface area contributed by atoms with Crippen LogP contribution in [0.2, 0.25) is 0 Å². The van der Waals surface area contributed by atoms with Crippen LogP contribution < -0.4 is 0 Å². The van der Waals surface area contributed by atoms with Gasteiger partial charge in [-0.15, -0.1) is 0 Å². The molecule has 1 heterocycles. The van der Waals surface area contributed by atoms with Crippen molar-refractivity contribution in [3.8, 4) is 0 Å². The fourth-order valence-corrected chi connectivity index (χ4v) is 2.02. The molecule has 0 aliphatic carbocycles. The molecule has 0 N–H and O–H groups in total. The molecule has 3 heteroatoms. The molecule has 0 saturated heterocycles. The summed E-state index contributed by atoms with van der Waals surface area (Å²) in [6.45, 7) is 7.70. The van der Waals surface area contributed by atoms with Crippen molar-refractivity contribution in [2.45, 2.75) is 39.7 Å². The Hall–Kier alpha value is -1.77. The monoisotopic (exact) mass is 245 g/mol. The van der Waals surface area contributed by atoms with Crippen LogP contribution in [0, 0.1) is 0 Å². The van der Waals surface area contributed by atoms with E-state index in [4.69, 9.17) is 4.74 Å². The molecule has 3 nitrogen and oxygen atoms in total. The number of nitrogens with zero attached hydrogens (tertiary/aromatic N) is 1. The number of aryl methyl sites for hydroxylation is 1. The Kier molecular flexibility index (Phi) is 3.16. The van der Waals surface area contributed by atoms with Crippen LogP contribution in [-0.2, 0) is 11.2 Å². The highest BCUT2D eigenvalue weighted by Crippen LogP contribution is 2.22. The largest absolute Gasteiger partial charge is 0.443 e.